The normalized spacial score (nSPS) is 10.6. The summed E-state index contributed by atoms with van der Waals surface area (Å²) in [4.78, 5) is 0. The van der Waals surface area contributed by atoms with E-state index < -0.39 is 0 Å². The van der Waals surface area contributed by atoms with Crippen molar-refractivity contribution in [1.29, 1.82) is 0 Å². The van der Waals surface area contributed by atoms with Crippen molar-refractivity contribution >= 4 is 0 Å². The molecule has 0 aliphatic heterocycles. The second-order valence-corrected chi connectivity index (χ2v) is 5.48. The number of allylic oxidation sites excluding steroid dienone is 3. The summed E-state index contributed by atoms with van der Waals surface area (Å²) in [5, 5.41) is 3.32. The molecule has 0 radical (unpaired) electrons. The lowest BCUT2D eigenvalue weighted by molar-refractivity contribution is 0.863. The fourth-order valence-electron chi connectivity index (χ4n) is 2.26. The van der Waals surface area contributed by atoms with Gasteiger partial charge in [0.15, 0.2) is 0 Å². The first-order valence-electron chi connectivity index (χ1n) is 7.53. The molecule has 0 saturated carbocycles. The molecule has 0 fully saturated rings. The Hall–Kier alpha value is -2.54. The molecule has 2 aromatic carbocycles. The third kappa shape index (κ3) is 5.10. The zero-order chi connectivity index (χ0) is 15.8. The molecule has 1 nitrogen and oxygen atoms in total. The maximum Gasteiger partial charge on any atom is 0.0330 e. The molecule has 0 aliphatic carbocycles. The average molecular weight is 289 g/mol. The lowest BCUT2D eigenvalue weighted by Crippen LogP contribution is -2.13. The zero-order valence-corrected chi connectivity index (χ0v) is 13.2. The van der Waals surface area contributed by atoms with E-state index in [0.717, 1.165) is 24.2 Å². The smallest absolute Gasteiger partial charge is 0.0330 e. The van der Waals surface area contributed by atoms with Crippen molar-refractivity contribution in [3.05, 3.63) is 96.7 Å². The predicted octanol–water partition coefficient (Wildman–Crippen LogP) is 5.13. The van der Waals surface area contributed by atoms with E-state index >= 15 is 0 Å². The van der Waals surface area contributed by atoms with Gasteiger partial charge in [0.1, 0.15) is 0 Å². The van der Waals surface area contributed by atoms with Crippen LogP contribution in [0, 0.1) is 0 Å². The highest BCUT2D eigenvalue weighted by Gasteiger charge is 2.00. The van der Waals surface area contributed by atoms with Crippen LogP contribution >= 0.6 is 0 Å². The van der Waals surface area contributed by atoms with Crippen LogP contribution in [0.4, 0.5) is 0 Å². The van der Waals surface area contributed by atoms with Gasteiger partial charge in [-0.05, 0) is 23.6 Å². The van der Waals surface area contributed by atoms with Gasteiger partial charge in [0, 0.05) is 18.7 Å². The third-order valence-corrected chi connectivity index (χ3v) is 3.32. The van der Waals surface area contributed by atoms with Crippen molar-refractivity contribution in [3.63, 3.8) is 0 Å². The highest BCUT2D eigenvalue weighted by atomic mass is 14.9. The summed E-state index contributed by atoms with van der Waals surface area (Å²) in [6.45, 7) is 10.7. The van der Waals surface area contributed by atoms with Gasteiger partial charge < -0.3 is 5.32 Å². The fraction of sp³-hybridized carbons (Fsp3) is 0.143. The monoisotopic (exact) mass is 289 g/mol. The highest BCUT2D eigenvalue weighted by Crippen LogP contribution is 2.20. The molecule has 0 unspecified atom stereocenters. The van der Waals surface area contributed by atoms with Gasteiger partial charge in [-0.2, -0.15) is 0 Å². The minimum atomic E-state index is 0.782. The van der Waals surface area contributed by atoms with Gasteiger partial charge in [0.25, 0.3) is 0 Å². The molecule has 0 heterocycles. The Balaban J connectivity index is 1.96. The summed E-state index contributed by atoms with van der Waals surface area (Å²) in [6, 6.07) is 19.1. The number of hydrogen-bond acceptors (Lipinski definition) is 1. The molecule has 112 valence electrons. The molecular formula is C21H23N. The van der Waals surface area contributed by atoms with E-state index in [1.54, 1.807) is 0 Å². The van der Waals surface area contributed by atoms with E-state index in [-0.39, 0.29) is 0 Å². The Morgan fingerprint density at radius 3 is 2.45 bits per heavy atom. The van der Waals surface area contributed by atoms with Crippen LogP contribution in [0.1, 0.15) is 12.5 Å². The first kappa shape index (κ1) is 15.8. The topological polar surface area (TPSA) is 12.0 Å². The number of rotatable bonds is 7. The minimum Gasteiger partial charge on any atom is -0.385 e. The van der Waals surface area contributed by atoms with E-state index in [2.05, 4.69) is 73.1 Å². The minimum absolute atomic E-state index is 0.782. The molecule has 0 bridgehead atoms. The predicted molar refractivity (Wildman–Crippen MR) is 96.7 cm³/mol. The molecule has 0 aromatic heterocycles. The zero-order valence-electron chi connectivity index (χ0n) is 13.2. The summed E-state index contributed by atoms with van der Waals surface area (Å²) in [5.41, 5.74) is 5.84. The molecular weight excluding hydrogens is 266 g/mol. The van der Waals surface area contributed by atoms with Gasteiger partial charge in [-0.25, -0.2) is 0 Å². The first-order valence-corrected chi connectivity index (χ1v) is 7.53. The van der Waals surface area contributed by atoms with Crippen LogP contribution in [0.2, 0.25) is 0 Å². The van der Waals surface area contributed by atoms with Crippen LogP contribution in [0.5, 0.6) is 0 Å². The van der Waals surface area contributed by atoms with Crippen molar-refractivity contribution in [3.8, 4) is 11.1 Å². The van der Waals surface area contributed by atoms with Gasteiger partial charge >= 0.3 is 0 Å². The van der Waals surface area contributed by atoms with Crippen LogP contribution in [0.25, 0.3) is 11.1 Å². The van der Waals surface area contributed by atoms with Crippen molar-refractivity contribution in [2.45, 2.75) is 13.3 Å². The van der Waals surface area contributed by atoms with E-state index in [4.69, 9.17) is 0 Å². The molecule has 22 heavy (non-hydrogen) atoms. The average Bonchev–Trinajstić information content (AvgIpc) is 2.52. The van der Waals surface area contributed by atoms with Crippen molar-refractivity contribution in [1.82, 2.24) is 5.32 Å². The largest absolute Gasteiger partial charge is 0.385 e. The van der Waals surface area contributed by atoms with Crippen LogP contribution in [-0.4, -0.2) is 6.54 Å². The molecule has 1 N–H and O–H groups in total. The van der Waals surface area contributed by atoms with Gasteiger partial charge in [0.2, 0.25) is 0 Å². The maximum atomic E-state index is 4.10. The summed E-state index contributed by atoms with van der Waals surface area (Å²) in [5.74, 6) is 0. The van der Waals surface area contributed by atoms with Crippen LogP contribution in [0.15, 0.2) is 91.2 Å². The lowest BCUT2D eigenvalue weighted by Gasteiger charge is -2.09. The van der Waals surface area contributed by atoms with E-state index in [1.807, 2.05) is 19.1 Å². The summed E-state index contributed by atoms with van der Waals surface area (Å²) < 4.78 is 0. The molecule has 1 heteroatoms. The second kappa shape index (κ2) is 8.04. The number of hydrogen-bond donors (Lipinski definition) is 1. The van der Waals surface area contributed by atoms with Crippen molar-refractivity contribution < 1.29 is 0 Å². The van der Waals surface area contributed by atoms with Crippen LogP contribution in [-0.2, 0) is 6.42 Å². The maximum absolute atomic E-state index is 4.10. The highest BCUT2D eigenvalue weighted by molar-refractivity contribution is 5.64. The second-order valence-electron chi connectivity index (χ2n) is 5.48. The van der Waals surface area contributed by atoms with Gasteiger partial charge in [-0.1, -0.05) is 85.5 Å². The fourth-order valence-corrected chi connectivity index (χ4v) is 2.26. The van der Waals surface area contributed by atoms with E-state index in [0.29, 0.717) is 0 Å². The Morgan fingerprint density at radius 2 is 1.73 bits per heavy atom. The summed E-state index contributed by atoms with van der Waals surface area (Å²) >= 11 is 0. The molecule has 0 spiro atoms. The molecule has 0 atom stereocenters. The van der Waals surface area contributed by atoms with Gasteiger partial charge in [-0.3, -0.25) is 0 Å². The molecule has 0 aliphatic rings. The van der Waals surface area contributed by atoms with E-state index in [1.165, 1.54) is 16.7 Å². The van der Waals surface area contributed by atoms with Crippen molar-refractivity contribution in [2.75, 3.05) is 6.54 Å². The molecule has 2 rings (SSSR count). The summed E-state index contributed by atoms with van der Waals surface area (Å²) in [7, 11) is 0. The Bertz CT molecular complexity index is 665. The third-order valence-electron chi connectivity index (χ3n) is 3.32. The van der Waals surface area contributed by atoms with Crippen molar-refractivity contribution in [2.24, 2.45) is 0 Å². The van der Waals surface area contributed by atoms with Gasteiger partial charge in [0.05, 0.1) is 0 Å². The molecule has 0 saturated heterocycles. The van der Waals surface area contributed by atoms with Crippen LogP contribution < -0.4 is 5.32 Å². The van der Waals surface area contributed by atoms with E-state index in [9.17, 15) is 0 Å². The quantitative estimate of drug-likeness (QED) is 0.697. The standard InChI is InChI=1S/C21H23N/c1-17(2)9-8-14-22-18(3)15-19-10-7-13-21(16-19)20-11-5-4-6-12-20/h4-13,16,22H,1,3,14-15H2,2H3/b9-8+. The Kier molecular flexibility index (Phi) is 5.79. The Labute approximate surface area is 133 Å². The molecule has 0 amide bonds. The number of nitrogens with one attached hydrogen (secondary N) is 1. The lowest BCUT2D eigenvalue weighted by atomic mass is 10.0. The summed E-state index contributed by atoms with van der Waals surface area (Å²) in [6.07, 6.45) is 4.91. The number of benzene rings is 2. The molecule has 2 aromatic rings. The Morgan fingerprint density at radius 1 is 1.00 bits per heavy atom. The van der Waals surface area contributed by atoms with Gasteiger partial charge in [-0.15, -0.1) is 0 Å². The SMILES string of the molecule is C=C(C)/C=C/CNC(=C)Cc1cccc(-c2ccccc2)c1. The van der Waals surface area contributed by atoms with Crippen LogP contribution in [0.3, 0.4) is 0 Å². The first-order chi connectivity index (χ1) is 10.6.